The zero-order valence-electron chi connectivity index (χ0n) is 18.3. The molecule has 1 amide bonds. The van der Waals surface area contributed by atoms with Crippen LogP contribution in [0.1, 0.15) is 39.0 Å². The molecule has 0 atom stereocenters. The molecule has 0 spiro atoms. The van der Waals surface area contributed by atoms with Gasteiger partial charge >= 0.3 is 5.69 Å². The number of carbonyl (C=O) groups is 1. The number of H-pyrrole nitrogens is 1. The third-order valence-electron chi connectivity index (χ3n) is 5.58. The van der Waals surface area contributed by atoms with E-state index in [4.69, 9.17) is 5.73 Å². The van der Waals surface area contributed by atoms with Gasteiger partial charge in [0.15, 0.2) is 0 Å². The number of hydrogen-bond donors (Lipinski definition) is 3. The summed E-state index contributed by atoms with van der Waals surface area (Å²) in [6.07, 6.45) is 5.34. The van der Waals surface area contributed by atoms with Crippen LogP contribution in [-0.4, -0.2) is 42.1 Å². The standard InChI is InChI=1S/C22H32N6O3/c1-3-4-14-28-20(23)19(21(30)25-22(28)31)26(2)15-18(29)24-16-8-10-17(11-9-16)27-12-6-5-7-13-27/h8-11H,3-7,12-15,23H2,1-2H3,(H,24,29)(H,25,30,31). The first-order valence-corrected chi connectivity index (χ1v) is 10.9. The van der Waals surface area contributed by atoms with Crippen molar-refractivity contribution in [1.82, 2.24) is 9.55 Å². The van der Waals surface area contributed by atoms with Crippen LogP contribution >= 0.6 is 0 Å². The number of nitrogens with one attached hydrogen (secondary N) is 2. The van der Waals surface area contributed by atoms with E-state index in [1.54, 1.807) is 7.05 Å². The zero-order chi connectivity index (χ0) is 22.4. The molecule has 0 bridgehead atoms. The average Bonchev–Trinajstić information content (AvgIpc) is 2.74. The third-order valence-corrected chi connectivity index (χ3v) is 5.58. The highest BCUT2D eigenvalue weighted by atomic mass is 16.2. The molecule has 2 heterocycles. The largest absolute Gasteiger partial charge is 0.383 e. The van der Waals surface area contributed by atoms with E-state index in [-0.39, 0.29) is 24.0 Å². The minimum Gasteiger partial charge on any atom is -0.383 e. The molecule has 1 aromatic carbocycles. The van der Waals surface area contributed by atoms with E-state index in [1.165, 1.54) is 28.7 Å². The number of piperidine rings is 1. The number of amides is 1. The maximum absolute atomic E-state index is 12.5. The highest BCUT2D eigenvalue weighted by Crippen LogP contribution is 2.22. The van der Waals surface area contributed by atoms with Crippen molar-refractivity contribution < 1.29 is 4.79 Å². The number of rotatable bonds is 8. The predicted molar refractivity (Wildman–Crippen MR) is 125 cm³/mol. The summed E-state index contributed by atoms with van der Waals surface area (Å²) in [5.74, 6) is -0.207. The van der Waals surface area contributed by atoms with Gasteiger partial charge in [-0.25, -0.2) is 4.79 Å². The number of nitrogens with zero attached hydrogens (tertiary/aromatic N) is 3. The predicted octanol–water partition coefficient (Wildman–Crippen LogP) is 1.98. The fourth-order valence-electron chi connectivity index (χ4n) is 3.89. The van der Waals surface area contributed by atoms with Gasteiger partial charge in [-0.3, -0.25) is 19.1 Å². The molecular weight excluding hydrogens is 396 g/mol. The highest BCUT2D eigenvalue weighted by molar-refractivity contribution is 5.94. The molecule has 3 rings (SSSR count). The fraction of sp³-hybridized carbons (Fsp3) is 0.500. The Morgan fingerprint density at radius 2 is 1.84 bits per heavy atom. The Hall–Kier alpha value is -3.23. The van der Waals surface area contributed by atoms with Gasteiger partial charge in [0.05, 0.1) is 6.54 Å². The van der Waals surface area contributed by atoms with Crippen molar-refractivity contribution >= 4 is 28.8 Å². The lowest BCUT2D eigenvalue weighted by Gasteiger charge is -2.28. The highest BCUT2D eigenvalue weighted by Gasteiger charge is 2.18. The van der Waals surface area contributed by atoms with Crippen LogP contribution < -0.4 is 32.1 Å². The number of nitrogens with two attached hydrogens (primary N) is 1. The van der Waals surface area contributed by atoms with Crippen molar-refractivity contribution in [3.8, 4) is 0 Å². The topological polar surface area (TPSA) is 116 Å². The maximum Gasteiger partial charge on any atom is 0.330 e. The number of carbonyl (C=O) groups excluding carboxylic acids is 1. The van der Waals surface area contributed by atoms with Crippen LogP contribution in [0, 0.1) is 0 Å². The SMILES string of the molecule is CCCCn1c(N)c(N(C)CC(=O)Nc2ccc(N3CCCCC3)cc2)c(=O)[nH]c1=O. The van der Waals surface area contributed by atoms with Gasteiger partial charge in [0.25, 0.3) is 5.56 Å². The van der Waals surface area contributed by atoms with Gasteiger partial charge in [-0.05, 0) is 49.9 Å². The number of unbranched alkanes of at least 4 members (excludes halogenated alkanes) is 1. The molecule has 1 aromatic heterocycles. The van der Waals surface area contributed by atoms with Gasteiger partial charge in [0.1, 0.15) is 11.5 Å². The average molecular weight is 429 g/mol. The van der Waals surface area contributed by atoms with Crippen molar-refractivity contribution in [3.05, 3.63) is 45.1 Å². The van der Waals surface area contributed by atoms with E-state index in [9.17, 15) is 14.4 Å². The summed E-state index contributed by atoms with van der Waals surface area (Å²) < 4.78 is 1.34. The van der Waals surface area contributed by atoms with Crippen LogP contribution in [0.25, 0.3) is 0 Å². The second kappa shape index (κ2) is 10.2. The fourth-order valence-corrected chi connectivity index (χ4v) is 3.89. The van der Waals surface area contributed by atoms with E-state index in [0.29, 0.717) is 12.2 Å². The van der Waals surface area contributed by atoms with Crippen LogP contribution in [0.15, 0.2) is 33.9 Å². The van der Waals surface area contributed by atoms with Gasteiger partial charge in [-0.1, -0.05) is 13.3 Å². The lowest BCUT2D eigenvalue weighted by atomic mass is 10.1. The molecule has 0 saturated carbocycles. The van der Waals surface area contributed by atoms with E-state index < -0.39 is 11.2 Å². The lowest BCUT2D eigenvalue weighted by molar-refractivity contribution is -0.114. The number of aromatic nitrogens is 2. The Morgan fingerprint density at radius 3 is 2.48 bits per heavy atom. The lowest BCUT2D eigenvalue weighted by Crippen LogP contribution is -2.39. The summed E-state index contributed by atoms with van der Waals surface area (Å²) in [6, 6.07) is 7.79. The summed E-state index contributed by atoms with van der Waals surface area (Å²) >= 11 is 0. The summed E-state index contributed by atoms with van der Waals surface area (Å²) in [5, 5.41) is 2.85. The Morgan fingerprint density at radius 1 is 1.16 bits per heavy atom. The zero-order valence-corrected chi connectivity index (χ0v) is 18.3. The van der Waals surface area contributed by atoms with Crippen LogP contribution in [0.2, 0.25) is 0 Å². The molecule has 1 aliphatic rings. The van der Waals surface area contributed by atoms with Gasteiger partial charge in [0.2, 0.25) is 5.91 Å². The first-order chi connectivity index (χ1) is 14.9. The Labute approximate surface area is 181 Å². The Bertz CT molecular complexity index is 1010. The van der Waals surface area contributed by atoms with Crippen molar-refractivity contribution in [2.75, 3.05) is 47.5 Å². The normalized spacial score (nSPS) is 13.8. The Kier molecular flexibility index (Phi) is 7.38. The summed E-state index contributed by atoms with van der Waals surface area (Å²) in [5.41, 5.74) is 6.93. The molecule has 168 valence electrons. The molecule has 1 saturated heterocycles. The van der Waals surface area contributed by atoms with Crippen LogP contribution in [0.3, 0.4) is 0 Å². The molecule has 1 fully saturated rings. The third kappa shape index (κ3) is 5.48. The van der Waals surface area contributed by atoms with Crippen LogP contribution in [0.4, 0.5) is 22.9 Å². The molecule has 31 heavy (non-hydrogen) atoms. The van der Waals surface area contributed by atoms with Crippen molar-refractivity contribution in [1.29, 1.82) is 0 Å². The van der Waals surface area contributed by atoms with Crippen molar-refractivity contribution in [2.45, 2.75) is 45.6 Å². The van der Waals surface area contributed by atoms with Crippen molar-refractivity contribution in [2.24, 2.45) is 0 Å². The minimum atomic E-state index is -0.601. The van der Waals surface area contributed by atoms with Gasteiger partial charge < -0.3 is 20.9 Å². The second-order valence-corrected chi connectivity index (χ2v) is 8.00. The number of anilines is 4. The van der Waals surface area contributed by atoms with E-state index in [1.807, 2.05) is 31.2 Å². The van der Waals surface area contributed by atoms with Crippen LogP contribution in [0.5, 0.6) is 0 Å². The number of nitrogen functional groups attached to an aromatic ring is 1. The molecule has 9 nitrogen and oxygen atoms in total. The summed E-state index contributed by atoms with van der Waals surface area (Å²) in [7, 11) is 1.61. The van der Waals surface area contributed by atoms with Crippen molar-refractivity contribution in [3.63, 3.8) is 0 Å². The number of aromatic amines is 1. The molecule has 0 unspecified atom stereocenters. The number of benzene rings is 1. The first kappa shape index (κ1) is 22.5. The van der Waals surface area contributed by atoms with E-state index in [2.05, 4.69) is 15.2 Å². The molecule has 0 aliphatic carbocycles. The number of likely N-dealkylation sites (N-methyl/N-ethyl adjacent to an activating group) is 1. The Balaban J connectivity index is 1.66. The van der Waals surface area contributed by atoms with E-state index in [0.717, 1.165) is 31.6 Å². The summed E-state index contributed by atoms with van der Waals surface area (Å²) in [4.78, 5) is 43.1. The molecule has 1 aliphatic heterocycles. The quantitative estimate of drug-likeness (QED) is 0.592. The molecular formula is C22H32N6O3. The molecule has 0 radical (unpaired) electrons. The monoisotopic (exact) mass is 428 g/mol. The molecule has 4 N–H and O–H groups in total. The number of hydrogen-bond acceptors (Lipinski definition) is 6. The smallest absolute Gasteiger partial charge is 0.330 e. The van der Waals surface area contributed by atoms with Crippen LogP contribution in [-0.2, 0) is 11.3 Å². The second-order valence-electron chi connectivity index (χ2n) is 8.00. The molecule has 9 heteroatoms. The van der Waals surface area contributed by atoms with Gasteiger partial charge in [0, 0.05) is 38.1 Å². The summed E-state index contributed by atoms with van der Waals surface area (Å²) in [6.45, 7) is 4.46. The maximum atomic E-state index is 12.5. The van der Waals surface area contributed by atoms with Gasteiger partial charge in [-0.15, -0.1) is 0 Å². The minimum absolute atomic E-state index is 0.0726. The first-order valence-electron chi connectivity index (χ1n) is 10.9. The van der Waals surface area contributed by atoms with E-state index >= 15 is 0 Å². The molecule has 2 aromatic rings. The van der Waals surface area contributed by atoms with Gasteiger partial charge in [-0.2, -0.15) is 0 Å².